The maximum absolute atomic E-state index is 9.77. The molecule has 0 spiro atoms. The molecule has 1 unspecified atom stereocenters. The highest BCUT2D eigenvalue weighted by molar-refractivity contribution is 9.10. The summed E-state index contributed by atoms with van der Waals surface area (Å²) in [6.07, 6.45) is 3.47. The topological polar surface area (TPSA) is 23.5 Å². The minimum Gasteiger partial charge on any atom is -0.396 e. The summed E-state index contributed by atoms with van der Waals surface area (Å²) in [5.74, 6) is 0. The Balaban J connectivity index is 2.39. The highest BCUT2D eigenvalue weighted by Gasteiger charge is 2.45. The van der Waals surface area contributed by atoms with Gasteiger partial charge in [-0.1, -0.05) is 40.5 Å². The Hall–Kier alpha value is -0.380. The quantitative estimate of drug-likeness (QED) is 0.922. The molecule has 0 radical (unpaired) electrons. The molecule has 1 fully saturated rings. The molecule has 1 saturated carbocycles. The van der Waals surface area contributed by atoms with Crippen molar-refractivity contribution in [1.29, 1.82) is 0 Å². The molecule has 94 valence electrons. The Bertz CT molecular complexity index is 382. The van der Waals surface area contributed by atoms with E-state index in [1.54, 1.807) is 0 Å². The summed E-state index contributed by atoms with van der Waals surface area (Å²) in [6.45, 7) is 0.275. The van der Waals surface area contributed by atoms with Crippen LogP contribution in [0.2, 0.25) is 0 Å². The Morgan fingerprint density at radius 3 is 2.41 bits per heavy atom. The molecule has 1 aromatic rings. The standard InChI is InChI=1S/C14H20BrNO/c1-16(2)13(14(10-17)8-5-9-14)11-6-3-4-7-12(11)15/h3-4,6-7,13,17H,5,8-10H2,1-2H3. The second-order valence-electron chi connectivity index (χ2n) is 5.26. The molecule has 0 bridgehead atoms. The molecule has 1 aliphatic rings. The van der Waals surface area contributed by atoms with Crippen LogP contribution in [0.25, 0.3) is 0 Å². The third-order valence-electron chi connectivity index (χ3n) is 3.96. The van der Waals surface area contributed by atoms with Crippen LogP contribution in [0.1, 0.15) is 30.9 Å². The molecule has 1 aromatic carbocycles. The third-order valence-corrected chi connectivity index (χ3v) is 4.68. The van der Waals surface area contributed by atoms with Gasteiger partial charge in [0.25, 0.3) is 0 Å². The number of benzene rings is 1. The van der Waals surface area contributed by atoms with Crippen LogP contribution in [-0.2, 0) is 0 Å². The van der Waals surface area contributed by atoms with Crippen molar-refractivity contribution in [2.45, 2.75) is 25.3 Å². The summed E-state index contributed by atoms with van der Waals surface area (Å²) in [4.78, 5) is 2.23. The van der Waals surface area contributed by atoms with Crippen molar-refractivity contribution in [3.8, 4) is 0 Å². The van der Waals surface area contributed by atoms with Crippen LogP contribution in [0.15, 0.2) is 28.7 Å². The first-order chi connectivity index (χ1) is 8.10. The molecule has 1 atom stereocenters. The predicted molar refractivity (Wildman–Crippen MR) is 73.9 cm³/mol. The largest absolute Gasteiger partial charge is 0.396 e. The fraction of sp³-hybridized carbons (Fsp3) is 0.571. The number of aliphatic hydroxyl groups excluding tert-OH is 1. The first kappa shape index (κ1) is 13.1. The van der Waals surface area contributed by atoms with Crippen molar-refractivity contribution in [2.75, 3.05) is 20.7 Å². The molecule has 3 heteroatoms. The van der Waals surface area contributed by atoms with Gasteiger partial charge < -0.3 is 10.0 Å². The van der Waals surface area contributed by atoms with Gasteiger partial charge in [-0.05, 0) is 38.6 Å². The average molecular weight is 298 g/mol. The second-order valence-corrected chi connectivity index (χ2v) is 6.12. The minimum atomic E-state index is 0.0490. The van der Waals surface area contributed by atoms with Gasteiger partial charge in [0, 0.05) is 15.9 Å². The van der Waals surface area contributed by atoms with E-state index in [-0.39, 0.29) is 18.1 Å². The highest BCUT2D eigenvalue weighted by Crippen LogP contribution is 2.52. The smallest absolute Gasteiger partial charge is 0.0505 e. The summed E-state index contributed by atoms with van der Waals surface area (Å²) in [6, 6.07) is 8.63. The monoisotopic (exact) mass is 297 g/mol. The van der Waals surface area contributed by atoms with Gasteiger partial charge in [0.15, 0.2) is 0 Å². The summed E-state index contributed by atoms with van der Waals surface area (Å²) < 4.78 is 1.14. The third kappa shape index (κ3) is 2.28. The molecule has 2 nitrogen and oxygen atoms in total. The van der Waals surface area contributed by atoms with E-state index < -0.39 is 0 Å². The van der Waals surface area contributed by atoms with Gasteiger partial charge in [-0.15, -0.1) is 0 Å². The van der Waals surface area contributed by atoms with E-state index in [1.807, 2.05) is 6.07 Å². The number of aliphatic hydroxyl groups is 1. The zero-order chi connectivity index (χ0) is 12.5. The molecule has 17 heavy (non-hydrogen) atoms. The SMILES string of the molecule is CN(C)C(c1ccccc1Br)C1(CO)CCC1. The first-order valence-electron chi connectivity index (χ1n) is 6.12. The van der Waals surface area contributed by atoms with E-state index in [0.29, 0.717) is 0 Å². The van der Waals surface area contributed by atoms with E-state index >= 15 is 0 Å². The van der Waals surface area contributed by atoms with Crippen molar-refractivity contribution in [2.24, 2.45) is 5.41 Å². The molecule has 0 amide bonds. The molecule has 1 N–H and O–H groups in total. The summed E-state index contributed by atoms with van der Waals surface area (Å²) in [5.41, 5.74) is 1.33. The molecule has 1 aliphatic carbocycles. The van der Waals surface area contributed by atoms with Crippen LogP contribution >= 0.6 is 15.9 Å². The lowest BCUT2D eigenvalue weighted by Crippen LogP contribution is -2.45. The lowest BCUT2D eigenvalue weighted by molar-refractivity contribution is -0.0311. The van der Waals surface area contributed by atoms with Crippen LogP contribution in [-0.4, -0.2) is 30.7 Å². The molecule has 0 aromatic heterocycles. The number of rotatable bonds is 4. The van der Waals surface area contributed by atoms with Crippen molar-refractivity contribution in [3.63, 3.8) is 0 Å². The van der Waals surface area contributed by atoms with Gasteiger partial charge in [-0.25, -0.2) is 0 Å². The first-order valence-corrected chi connectivity index (χ1v) is 6.92. The number of nitrogens with zero attached hydrogens (tertiary/aromatic N) is 1. The van der Waals surface area contributed by atoms with Crippen LogP contribution in [0.5, 0.6) is 0 Å². The van der Waals surface area contributed by atoms with Gasteiger partial charge >= 0.3 is 0 Å². The lowest BCUT2D eigenvalue weighted by atomic mass is 9.62. The Morgan fingerprint density at radius 1 is 1.35 bits per heavy atom. The Labute approximate surface area is 112 Å². The van der Waals surface area contributed by atoms with Gasteiger partial charge in [-0.2, -0.15) is 0 Å². The molecule has 0 heterocycles. The van der Waals surface area contributed by atoms with Gasteiger partial charge in [0.1, 0.15) is 0 Å². The van der Waals surface area contributed by atoms with Crippen LogP contribution in [0, 0.1) is 5.41 Å². The zero-order valence-electron chi connectivity index (χ0n) is 10.5. The molecule has 0 aliphatic heterocycles. The van der Waals surface area contributed by atoms with E-state index in [0.717, 1.165) is 17.3 Å². The van der Waals surface area contributed by atoms with Crippen molar-refractivity contribution < 1.29 is 5.11 Å². The van der Waals surface area contributed by atoms with Gasteiger partial charge in [0.05, 0.1) is 6.61 Å². The number of halogens is 1. The Morgan fingerprint density at radius 2 is 2.00 bits per heavy atom. The van der Waals surface area contributed by atoms with Gasteiger partial charge in [-0.3, -0.25) is 0 Å². The minimum absolute atomic E-state index is 0.0490. The number of hydrogen-bond donors (Lipinski definition) is 1. The normalized spacial score (nSPS) is 20.1. The average Bonchev–Trinajstić information content (AvgIpc) is 2.24. The molecule has 2 rings (SSSR count). The van der Waals surface area contributed by atoms with E-state index in [1.165, 1.54) is 12.0 Å². The Kier molecular flexibility index (Phi) is 3.91. The maximum Gasteiger partial charge on any atom is 0.0505 e. The number of hydrogen-bond acceptors (Lipinski definition) is 2. The van der Waals surface area contributed by atoms with E-state index in [2.05, 4.69) is 53.1 Å². The van der Waals surface area contributed by atoms with Crippen molar-refractivity contribution in [1.82, 2.24) is 4.90 Å². The van der Waals surface area contributed by atoms with Crippen molar-refractivity contribution in [3.05, 3.63) is 34.3 Å². The fourth-order valence-electron chi connectivity index (χ4n) is 3.00. The maximum atomic E-state index is 9.77. The molecular formula is C14H20BrNO. The van der Waals surface area contributed by atoms with Gasteiger partial charge in [0.2, 0.25) is 0 Å². The second kappa shape index (κ2) is 5.09. The molecule has 0 saturated heterocycles. The van der Waals surface area contributed by atoms with Crippen LogP contribution in [0.4, 0.5) is 0 Å². The van der Waals surface area contributed by atoms with E-state index in [9.17, 15) is 5.11 Å². The lowest BCUT2D eigenvalue weighted by Gasteiger charge is -2.49. The summed E-state index contributed by atoms with van der Waals surface area (Å²) in [7, 11) is 4.19. The fourth-order valence-corrected chi connectivity index (χ4v) is 3.50. The summed E-state index contributed by atoms with van der Waals surface area (Å²) >= 11 is 3.63. The summed E-state index contributed by atoms with van der Waals surface area (Å²) in [5, 5.41) is 9.77. The predicted octanol–water partition coefficient (Wildman–Crippen LogP) is 3.21. The molecular weight excluding hydrogens is 278 g/mol. The van der Waals surface area contributed by atoms with E-state index in [4.69, 9.17) is 0 Å². The van der Waals surface area contributed by atoms with Crippen molar-refractivity contribution >= 4 is 15.9 Å². The zero-order valence-corrected chi connectivity index (χ0v) is 12.1. The highest BCUT2D eigenvalue weighted by atomic mass is 79.9. The van der Waals surface area contributed by atoms with Crippen LogP contribution < -0.4 is 0 Å². The van der Waals surface area contributed by atoms with Crippen LogP contribution in [0.3, 0.4) is 0 Å².